The molecule has 0 amide bonds. The lowest BCUT2D eigenvalue weighted by Gasteiger charge is -2.05. The fourth-order valence-corrected chi connectivity index (χ4v) is 2.54. The standard InChI is InChI=1S/C14H17NO2S/c1-15-9-13-7-8-14(18-13)10-17-12-5-3-11(16-2)4-6-12/h3-8,15H,9-10H2,1-2H3. The number of ether oxygens (including phenoxy) is 2. The van der Waals surface area contributed by atoms with Gasteiger partial charge in [-0.25, -0.2) is 0 Å². The van der Waals surface area contributed by atoms with Gasteiger partial charge in [0, 0.05) is 16.3 Å². The van der Waals surface area contributed by atoms with Crippen LogP contribution in [0.15, 0.2) is 36.4 Å². The average molecular weight is 263 g/mol. The van der Waals surface area contributed by atoms with E-state index < -0.39 is 0 Å². The molecule has 0 aliphatic carbocycles. The quantitative estimate of drug-likeness (QED) is 0.869. The number of hydrogen-bond donors (Lipinski definition) is 1. The minimum atomic E-state index is 0.612. The number of methoxy groups -OCH3 is 1. The summed E-state index contributed by atoms with van der Waals surface area (Å²) in [5.41, 5.74) is 0. The Kier molecular flexibility index (Phi) is 4.61. The molecule has 2 aromatic rings. The highest BCUT2D eigenvalue weighted by molar-refractivity contribution is 7.11. The minimum absolute atomic E-state index is 0.612. The third kappa shape index (κ3) is 3.48. The van der Waals surface area contributed by atoms with Crippen molar-refractivity contribution in [3.8, 4) is 11.5 Å². The van der Waals surface area contributed by atoms with Crippen molar-refractivity contribution in [1.29, 1.82) is 0 Å². The Labute approximate surface area is 111 Å². The highest BCUT2D eigenvalue weighted by Crippen LogP contribution is 2.21. The van der Waals surface area contributed by atoms with Gasteiger partial charge in [0.15, 0.2) is 0 Å². The molecule has 1 aromatic carbocycles. The van der Waals surface area contributed by atoms with Gasteiger partial charge in [-0.2, -0.15) is 0 Å². The topological polar surface area (TPSA) is 30.5 Å². The lowest BCUT2D eigenvalue weighted by Crippen LogP contribution is -2.02. The van der Waals surface area contributed by atoms with E-state index in [0.717, 1.165) is 18.0 Å². The van der Waals surface area contributed by atoms with Gasteiger partial charge in [0.05, 0.1) is 7.11 Å². The third-order valence-electron chi connectivity index (χ3n) is 2.51. The van der Waals surface area contributed by atoms with Crippen molar-refractivity contribution in [1.82, 2.24) is 5.32 Å². The second-order valence-corrected chi connectivity index (χ2v) is 5.12. The highest BCUT2D eigenvalue weighted by Gasteiger charge is 2.01. The van der Waals surface area contributed by atoms with E-state index in [9.17, 15) is 0 Å². The van der Waals surface area contributed by atoms with Crippen molar-refractivity contribution in [3.63, 3.8) is 0 Å². The van der Waals surface area contributed by atoms with E-state index in [1.165, 1.54) is 9.75 Å². The van der Waals surface area contributed by atoms with Gasteiger partial charge >= 0.3 is 0 Å². The maximum atomic E-state index is 5.72. The molecule has 0 unspecified atom stereocenters. The molecule has 0 bridgehead atoms. The number of rotatable bonds is 6. The number of benzene rings is 1. The van der Waals surface area contributed by atoms with E-state index in [1.54, 1.807) is 18.4 Å². The van der Waals surface area contributed by atoms with Crippen molar-refractivity contribution in [2.75, 3.05) is 14.2 Å². The summed E-state index contributed by atoms with van der Waals surface area (Å²) in [5, 5.41) is 3.14. The molecule has 1 N–H and O–H groups in total. The lowest BCUT2D eigenvalue weighted by atomic mass is 10.3. The van der Waals surface area contributed by atoms with Crippen LogP contribution in [0.5, 0.6) is 11.5 Å². The number of hydrogen-bond acceptors (Lipinski definition) is 4. The monoisotopic (exact) mass is 263 g/mol. The van der Waals surface area contributed by atoms with E-state index in [4.69, 9.17) is 9.47 Å². The van der Waals surface area contributed by atoms with Crippen LogP contribution in [0.4, 0.5) is 0 Å². The van der Waals surface area contributed by atoms with Crippen molar-refractivity contribution >= 4 is 11.3 Å². The van der Waals surface area contributed by atoms with Gasteiger partial charge in [-0.05, 0) is 43.4 Å². The summed E-state index contributed by atoms with van der Waals surface area (Å²) in [5.74, 6) is 1.70. The summed E-state index contributed by atoms with van der Waals surface area (Å²) in [4.78, 5) is 2.56. The van der Waals surface area contributed by atoms with Gasteiger partial charge in [0.2, 0.25) is 0 Å². The van der Waals surface area contributed by atoms with Gasteiger partial charge < -0.3 is 14.8 Å². The van der Waals surface area contributed by atoms with Crippen molar-refractivity contribution in [2.45, 2.75) is 13.2 Å². The Balaban J connectivity index is 1.89. The molecule has 96 valence electrons. The Morgan fingerprint density at radius 1 is 1.00 bits per heavy atom. The summed E-state index contributed by atoms with van der Waals surface area (Å²) >= 11 is 1.77. The summed E-state index contributed by atoms with van der Waals surface area (Å²) in [7, 11) is 3.61. The van der Waals surface area contributed by atoms with Crippen LogP contribution in [0.25, 0.3) is 0 Å². The van der Waals surface area contributed by atoms with E-state index in [-0.39, 0.29) is 0 Å². The van der Waals surface area contributed by atoms with Crippen LogP contribution in [0.3, 0.4) is 0 Å². The van der Waals surface area contributed by atoms with Crippen molar-refractivity contribution < 1.29 is 9.47 Å². The van der Waals surface area contributed by atoms with E-state index in [2.05, 4.69) is 17.4 Å². The first-order valence-corrected chi connectivity index (χ1v) is 6.62. The van der Waals surface area contributed by atoms with Crippen molar-refractivity contribution in [2.24, 2.45) is 0 Å². The summed E-state index contributed by atoms with van der Waals surface area (Å²) in [6.07, 6.45) is 0. The zero-order valence-electron chi connectivity index (χ0n) is 10.6. The maximum Gasteiger partial charge on any atom is 0.122 e. The average Bonchev–Trinajstić information content (AvgIpc) is 2.85. The first kappa shape index (κ1) is 12.9. The van der Waals surface area contributed by atoms with Gasteiger partial charge in [0.1, 0.15) is 18.1 Å². The SMILES string of the molecule is CNCc1ccc(COc2ccc(OC)cc2)s1. The van der Waals surface area contributed by atoms with E-state index >= 15 is 0 Å². The van der Waals surface area contributed by atoms with Gasteiger partial charge in [0.25, 0.3) is 0 Å². The smallest absolute Gasteiger partial charge is 0.122 e. The number of thiophene rings is 1. The van der Waals surface area contributed by atoms with E-state index in [1.807, 2.05) is 31.3 Å². The molecular formula is C14H17NO2S. The Morgan fingerprint density at radius 3 is 2.33 bits per heavy atom. The van der Waals surface area contributed by atoms with Crippen LogP contribution >= 0.6 is 11.3 Å². The second-order valence-electron chi connectivity index (χ2n) is 3.86. The summed E-state index contributed by atoms with van der Waals surface area (Å²) in [6, 6.07) is 11.9. The maximum absolute atomic E-state index is 5.72. The zero-order valence-corrected chi connectivity index (χ0v) is 11.4. The fraction of sp³-hybridized carbons (Fsp3) is 0.286. The first-order chi connectivity index (χ1) is 8.81. The molecule has 0 radical (unpaired) electrons. The second kappa shape index (κ2) is 6.42. The van der Waals surface area contributed by atoms with E-state index in [0.29, 0.717) is 6.61 Å². The molecule has 0 saturated heterocycles. The van der Waals surface area contributed by atoms with Crippen LogP contribution in [0.2, 0.25) is 0 Å². The predicted molar refractivity (Wildman–Crippen MR) is 74.4 cm³/mol. The first-order valence-electron chi connectivity index (χ1n) is 5.81. The van der Waals surface area contributed by atoms with Crippen LogP contribution in [-0.4, -0.2) is 14.2 Å². The fourth-order valence-electron chi connectivity index (χ4n) is 1.60. The highest BCUT2D eigenvalue weighted by atomic mass is 32.1. The third-order valence-corrected chi connectivity index (χ3v) is 3.57. The molecule has 4 heteroatoms. The summed E-state index contributed by atoms with van der Waals surface area (Å²) in [6.45, 7) is 1.52. The zero-order chi connectivity index (χ0) is 12.8. The lowest BCUT2D eigenvalue weighted by molar-refractivity contribution is 0.309. The minimum Gasteiger partial charge on any atom is -0.497 e. The van der Waals surface area contributed by atoms with Crippen LogP contribution in [-0.2, 0) is 13.2 Å². The van der Waals surface area contributed by atoms with Crippen molar-refractivity contribution in [3.05, 3.63) is 46.2 Å². The Bertz CT molecular complexity index is 479. The molecule has 1 heterocycles. The van der Waals surface area contributed by atoms with Gasteiger partial charge in [-0.15, -0.1) is 11.3 Å². The summed E-state index contributed by atoms with van der Waals surface area (Å²) < 4.78 is 10.8. The van der Waals surface area contributed by atoms with Gasteiger partial charge in [-0.3, -0.25) is 0 Å². The molecule has 18 heavy (non-hydrogen) atoms. The molecule has 0 fully saturated rings. The van der Waals surface area contributed by atoms with Crippen LogP contribution in [0, 0.1) is 0 Å². The Morgan fingerprint density at radius 2 is 1.67 bits per heavy atom. The number of nitrogens with one attached hydrogen (secondary N) is 1. The normalized spacial score (nSPS) is 10.3. The molecule has 1 aromatic heterocycles. The Hall–Kier alpha value is -1.52. The molecule has 0 saturated carbocycles. The van der Waals surface area contributed by atoms with Crippen LogP contribution in [0.1, 0.15) is 9.75 Å². The molecule has 3 nitrogen and oxygen atoms in total. The molecule has 0 atom stereocenters. The molecule has 2 rings (SSSR count). The molecule has 0 aliphatic rings. The molecule has 0 aliphatic heterocycles. The molecular weight excluding hydrogens is 246 g/mol. The van der Waals surface area contributed by atoms with Crippen LogP contribution < -0.4 is 14.8 Å². The predicted octanol–water partition coefficient (Wildman–Crippen LogP) is 3.06. The molecule has 0 spiro atoms. The largest absolute Gasteiger partial charge is 0.497 e. The van der Waals surface area contributed by atoms with Gasteiger partial charge in [-0.1, -0.05) is 0 Å².